The Morgan fingerprint density at radius 1 is 1.64 bits per heavy atom. The van der Waals surface area contributed by atoms with Gasteiger partial charge in [0.15, 0.2) is 11.5 Å². The molecule has 0 saturated carbocycles. The number of carbonyl (C=O) groups excluding carboxylic acids is 2. The lowest BCUT2D eigenvalue weighted by Gasteiger charge is -1.84. The van der Waals surface area contributed by atoms with Crippen LogP contribution >= 0.6 is 0 Å². The molecule has 1 aromatic rings. The molecule has 1 heterocycles. The molecule has 1 rings (SSSR count). The smallest absolute Gasteiger partial charge is 0.304 e. The molecule has 5 heteroatoms. The topological polar surface area (TPSA) is 86.2 Å². The van der Waals surface area contributed by atoms with E-state index < -0.39 is 5.91 Å². The summed E-state index contributed by atoms with van der Waals surface area (Å²) in [6.45, 7) is 1.31. The van der Waals surface area contributed by atoms with Gasteiger partial charge in [-0.3, -0.25) is 9.59 Å². The number of nitrogens with zero attached hydrogens (tertiary/aromatic N) is 1. The van der Waals surface area contributed by atoms with Crippen molar-refractivity contribution in [2.75, 3.05) is 0 Å². The third-order valence-corrected chi connectivity index (χ3v) is 1.06. The van der Waals surface area contributed by atoms with Crippen molar-refractivity contribution >= 4 is 11.7 Å². The highest BCUT2D eigenvalue weighted by molar-refractivity contribution is 5.93. The fraction of sp³-hybridized carbons (Fsp3) is 0.167. The number of Topliss-reactive ketones (excluding diaryl/α,β-unsaturated/α-hetero) is 1. The zero-order valence-electron chi connectivity index (χ0n) is 5.83. The van der Waals surface area contributed by atoms with E-state index in [0.717, 1.165) is 0 Å². The zero-order valence-corrected chi connectivity index (χ0v) is 5.83. The number of oxazole rings is 1. The summed E-state index contributed by atoms with van der Waals surface area (Å²) in [6, 6.07) is 0. The van der Waals surface area contributed by atoms with E-state index in [4.69, 9.17) is 5.73 Å². The van der Waals surface area contributed by atoms with Gasteiger partial charge in [-0.2, -0.15) is 0 Å². The molecule has 0 atom stereocenters. The normalized spacial score (nSPS) is 9.55. The van der Waals surface area contributed by atoms with Crippen molar-refractivity contribution in [3.8, 4) is 0 Å². The van der Waals surface area contributed by atoms with E-state index in [1.165, 1.54) is 13.1 Å². The van der Waals surface area contributed by atoms with E-state index in [9.17, 15) is 9.59 Å². The summed E-state index contributed by atoms with van der Waals surface area (Å²) >= 11 is 0. The zero-order chi connectivity index (χ0) is 8.43. The number of nitrogens with two attached hydrogens (primary N) is 1. The van der Waals surface area contributed by atoms with Gasteiger partial charge in [0.05, 0.1) is 6.20 Å². The quantitative estimate of drug-likeness (QED) is 0.606. The molecule has 0 aliphatic carbocycles. The van der Waals surface area contributed by atoms with Crippen molar-refractivity contribution in [3.05, 3.63) is 17.8 Å². The first-order valence-corrected chi connectivity index (χ1v) is 2.88. The molecule has 0 unspecified atom stereocenters. The molecular formula is C6H6N2O3. The Bertz CT molecular complexity index is 274. The summed E-state index contributed by atoms with van der Waals surface area (Å²) in [7, 11) is 0. The van der Waals surface area contributed by atoms with E-state index in [2.05, 4.69) is 9.40 Å². The van der Waals surface area contributed by atoms with Gasteiger partial charge in [0.2, 0.25) is 0 Å². The molecule has 11 heavy (non-hydrogen) atoms. The number of primary amides is 1. The number of amides is 1. The van der Waals surface area contributed by atoms with Crippen LogP contribution in [-0.2, 0) is 0 Å². The van der Waals surface area contributed by atoms with Crippen LogP contribution in [0, 0.1) is 0 Å². The maximum atomic E-state index is 10.6. The summed E-state index contributed by atoms with van der Waals surface area (Å²) < 4.78 is 4.67. The van der Waals surface area contributed by atoms with E-state index in [1.54, 1.807) is 0 Å². The van der Waals surface area contributed by atoms with E-state index in [-0.39, 0.29) is 17.4 Å². The lowest BCUT2D eigenvalue weighted by molar-refractivity contribution is 0.0952. The van der Waals surface area contributed by atoms with Gasteiger partial charge in [-0.15, -0.1) is 0 Å². The molecule has 0 aliphatic rings. The molecule has 0 radical (unpaired) electrons. The van der Waals surface area contributed by atoms with Crippen LogP contribution in [0.15, 0.2) is 10.6 Å². The van der Waals surface area contributed by atoms with Crippen LogP contribution in [0.1, 0.15) is 28.2 Å². The number of aromatic nitrogens is 1. The Hall–Kier alpha value is -1.65. The van der Waals surface area contributed by atoms with Gasteiger partial charge in [0, 0.05) is 6.92 Å². The Morgan fingerprint density at radius 3 is 2.55 bits per heavy atom. The molecule has 0 spiro atoms. The van der Waals surface area contributed by atoms with Gasteiger partial charge >= 0.3 is 5.91 Å². The second-order valence-electron chi connectivity index (χ2n) is 1.95. The van der Waals surface area contributed by atoms with Crippen LogP contribution < -0.4 is 5.73 Å². The van der Waals surface area contributed by atoms with Gasteiger partial charge in [0.1, 0.15) is 0 Å². The molecular weight excluding hydrogens is 148 g/mol. The second kappa shape index (κ2) is 2.53. The third kappa shape index (κ3) is 1.43. The molecule has 5 nitrogen and oxygen atoms in total. The van der Waals surface area contributed by atoms with Gasteiger partial charge in [-0.1, -0.05) is 0 Å². The molecule has 0 aromatic carbocycles. The first kappa shape index (κ1) is 7.46. The van der Waals surface area contributed by atoms with Crippen LogP contribution in [0.5, 0.6) is 0 Å². The first-order chi connectivity index (χ1) is 5.11. The third-order valence-electron chi connectivity index (χ3n) is 1.06. The fourth-order valence-corrected chi connectivity index (χ4v) is 0.551. The van der Waals surface area contributed by atoms with E-state index in [0.29, 0.717) is 0 Å². The van der Waals surface area contributed by atoms with Crippen LogP contribution in [0.4, 0.5) is 0 Å². The van der Waals surface area contributed by atoms with E-state index in [1.807, 2.05) is 0 Å². The molecule has 0 saturated heterocycles. The van der Waals surface area contributed by atoms with Crippen molar-refractivity contribution in [2.45, 2.75) is 6.92 Å². The minimum absolute atomic E-state index is 0.0406. The number of hydrogen-bond donors (Lipinski definition) is 1. The van der Waals surface area contributed by atoms with Crippen molar-refractivity contribution in [3.63, 3.8) is 0 Å². The predicted molar refractivity (Wildman–Crippen MR) is 35.0 cm³/mol. The minimum Gasteiger partial charge on any atom is -0.429 e. The predicted octanol–water partition coefficient (Wildman–Crippen LogP) is -0.0239. The molecule has 2 N–H and O–H groups in total. The summed E-state index contributed by atoms with van der Waals surface area (Å²) in [5, 5.41) is 0. The summed E-state index contributed by atoms with van der Waals surface area (Å²) in [6.07, 6.45) is 1.17. The second-order valence-corrected chi connectivity index (χ2v) is 1.95. The standard InChI is InChI=1S/C6H6N2O3/c1-3(9)4-2-8-6(11-4)5(7)10/h2H,1H3,(H2,7,10). The highest BCUT2D eigenvalue weighted by Crippen LogP contribution is 2.02. The monoisotopic (exact) mass is 154 g/mol. The Kier molecular flexibility index (Phi) is 1.72. The number of ketones is 1. The Morgan fingerprint density at radius 2 is 2.27 bits per heavy atom. The summed E-state index contributed by atoms with van der Waals surface area (Å²) in [5.41, 5.74) is 4.82. The molecule has 0 aliphatic heterocycles. The highest BCUT2D eigenvalue weighted by atomic mass is 16.4. The van der Waals surface area contributed by atoms with Gasteiger partial charge < -0.3 is 10.2 Å². The first-order valence-electron chi connectivity index (χ1n) is 2.88. The van der Waals surface area contributed by atoms with Crippen LogP contribution in [0.2, 0.25) is 0 Å². The fourth-order valence-electron chi connectivity index (χ4n) is 0.551. The Balaban J connectivity index is 2.99. The minimum atomic E-state index is -0.780. The summed E-state index contributed by atoms with van der Waals surface area (Å²) in [5.74, 6) is -1.27. The molecule has 1 aromatic heterocycles. The van der Waals surface area contributed by atoms with Crippen molar-refractivity contribution in [1.82, 2.24) is 4.98 Å². The average molecular weight is 154 g/mol. The highest BCUT2D eigenvalue weighted by Gasteiger charge is 2.11. The molecule has 1 amide bonds. The van der Waals surface area contributed by atoms with Gasteiger partial charge in [-0.05, 0) is 0 Å². The van der Waals surface area contributed by atoms with Gasteiger partial charge in [-0.25, -0.2) is 4.98 Å². The lowest BCUT2D eigenvalue weighted by Crippen LogP contribution is -2.10. The van der Waals surface area contributed by atoms with Crippen molar-refractivity contribution < 1.29 is 14.0 Å². The van der Waals surface area contributed by atoms with Crippen LogP contribution in [-0.4, -0.2) is 16.7 Å². The number of rotatable bonds is 2. The van der Waals surface area contributed by atoms with Gasteiger partial charge in [0.25, 0.3) is 5.89 Å². The maximum Gasteiger partial charge on any atom is 0.304 e. The number of carbonyl (C=O) groups is 2. The average Bonchev–Trinajstić information content (AvgIpc) is 2.33. The SMILES string of the molecule is CC(=O)c1cnc(C(N)=O)o1. The van der Waals surface area contributed by atoms with E-state index >= 15 is 0 Å². The van der Waals surface area contributed by atoms with Crippen LogP contribution in [0.3, 0.4) is 0 Å². The maximum absolute atomic E-state index is 10.6. The largest absolute Gasteiger partial charge is 0.429 e. The Labute approximate surface area is 62.2 Å². The molecule has 0 fully saturated rings. The van der Waals surface area contributed by atoms with Crippen molar-refractivity contribution in [2.24, 2.45) is 5.73 Å². The van der Waals surface area contributed by atoms with Crippen LogP contribution in [0.25, 0.3) is 0 Å². The van der Waals surface area contributed by atoms with Crippen molar-refractivity contribution in [1.29, 1.82) is 0 Å². The lowest BCUT2D eigenvalue weighted by atomic mass is 10.4. The molecule has 58 valence electrons. The molecule has 0 bridgehead atoms. The number of hydrogen-bond acceptors (Lipinski definition) is 4. The summed E-state index contributed by atoms with van der Waals surface area (Å²) in [4.78, 5) is 24.5.